The second-order valence-electron chi connectivity index (χ2n) is 5.84. The number of imide groups is 1. The molecule has 1 aromatic rings. The predicted molar refractivity (Wildman–Crippen MR) is 88.3 cm³/mol. The molecule has 8 nitrogen and oxygen atoms in total. The van der Waals surface area contributed by atoms with Crippen molar-refractivity contribution in [3.8, 4) is 0 Å². The molecule has 2 atom stereocenters. The first-order valence-corrected chi connectivity index (χ1v) is 7.96. The van der Waals surface area contributed by atoms with Gasteiger partial charge in [0.25, 0.3) is 11.8 Å². The number of benzene rings is 1. The predicted octanol–water partition coefficient (Wildman–Crippen LogP) is 0.521. The van der Waals surface area contributed by atoms with Crippen molar-refractivity contribution < 1.29 is 23.9 Å². The molecule has 0 saturated carbocycles. The number of ether oxygens (including phenoxy) is 1. The summed E-state index contributed by atoms with van der Waals surface area (Å²) in [5, 5.41) is 5.12. The fraction of sp³-hybridized carbons (Fsp3) is 0.412. The van der Waals surface area contributed by atoms with Gasteiger partial charge in [-0.2, -0.15) is 0 Å². The maximum Gasteiger partial charge on any atom is 0.327 e. The van der Waals surface area contributed by atoms with Gasteiger partial charge < -0.3 is 15.4 Å². The van der Waals surface area contributed by atoms with Crippen molar-refractivity contribution in [2.45, 2.75) is 32.4 Å². The van der Waals surface area contributed by atoms with E-state index in [1.54, 1.807) is 44.2 Å². The molecule has 0 aliphatic carbocycles. The Balaban J connectivity index is 2.06. The maximum atomic E-state index is 12.7. The highest BCUT2D eigenvalue weighted by molar-refractivity contribution is 6.08. The highest BCUT2D eigenvalue weighted by atomic mass is 16.5. The minimum Gasteiger partial charge on any atom is -0.451 e. The molecule has 1 aliphatic heterocycles. The number of esters is 1. The van der Waals surface area contributed by atoms with Crippen molar-refractivity contribution in [2.24, 2.45) is 0 Å². The molecule has 1 aromatic carbocycles. The Morgan fingerprint density at radius 1 is 1.28 bits per heavy atom. The second kappa shape index (κ2) is 7.33. The van der Waals surface area contributed by atoms with Gasteiger partial charge in [0.05, 0.1) is 0 Å². The molecule has 1 aliphatic rings. The second-order valence-corrected chi connectivity index (χ2v) is 5.84. The summed E-state index contributed by atoms with van der Waals surface area (Å²) >= 11 is 0. The quantitative estimate of drug-likeness (QED) is 0.577. The van der Waals surface area contributed by atoms with Gasteiger partial charge in [-0.25, -0.2) is 4.79 Å². The first kappa shape index (κ1) is 18.4. The van der Waals surface area contributed by atoms with Crippen molar-refractivity contribution in [1.82, 2.24) is 15.5 Å². The smallest absolute Gasteiger partial charge is 0.327 e. The first-order valence-electron chi connectivity index (χ1n) is 7.96. The Bertz CT molecular complexity index is 691. The summed E-state index contributed by atoms with van der Waals surface area (Å²) in [6.45, 7) is 4.58. The minimum absolute atomic E-state index is 0.406. The number of nitrogens with one attached hydrogen (secondary N) is 2. The lowest BCUT2D eigenvalue weighted by atomic mass is 9.92. The van der Waals surface area contributed by atoms with E-state index in [1.807, 2.05) is 0 Å². The van der Waals surface area contributed by atoms with Crippen molar-refractivity contribution in [1.29, 1.82) is 0 Å². The fourth-order valence-electron chi connectivity index (χ4n) is 2.54. The normalized spacial score (nSPS) is 20.8. The molecule has 2 rings (SSSR count). The fourth-order valence-corrected chi connectivity index (χ4v) is 2.54. The van der Waals surface area contributed by atoms with E-state index < -0.39 is 42.0 Å². The number of likely N-dealkylation sites (N-methyl/N-ethyl adjacent to an activating group) is 1. The lowest BCUT2D eigenvalue weighted by Crippen LogP contribution is -2.42. The molecule has 25 heavy (non-hydrogen) atoms. The Hall–Kier alpha value is -2.90. The van der Waals surface area contributed by atoms with Crippen molar-refractivity contribution in [3.05, 3.63) is 35.9 Å². The van der Waals surface area contributed by atoms with E-state index in [4.69, 9.17) is 4.74 Å². The molecule has 4 amide bonds. The van der Waals surface area contributed by atoms with Crippen molar-refractivity contribution in [3.63, 3.8) is 0 Å². The highest BCUT2D eigenvalue weighted by Crippen LogP contribution is 2.28. The molecule has 0 unspecified atom stereocenters. The number of amides is 4. The summed E-state index contributed by atoms with van der Waals surface area (Å²) in [5.41, 5.74) is -0.635. The van der Waals surface area contributed by atoms with Gasteiger partial charge in [-0.05, 0) is 26.3 Å². The summed E-state index contributed by atoms with van der Waals surface area (Å²) in [6.07, 6.45) is -1.01. The van der Waals surface area contributed by atoms with Crippen LogP contribution in [0.4, 0.5) is 4.79 Å². The zero-order valence-electron chi connectivity index (χ0n) is 14.4. The third-order valence-electron chi connectivity index (χ3n) is 3.94. The number of nitrogens with zero attached hydrogens (tertiary/aromatic N) is 1. The lowest BCUT2D eigenvalue weighted by molar-refractivity contribution is -0.156. The Kier molecular flexibility index (Phi) is 5.41. The van der Waals surface area contributed by atoms with Crippen LogP contribution in [0.15, 0.2) is 30.3 Å². The monoisotopic (exact) mass is 347 g/mol. The van der Waals surface area contributed by atoms with E-state index in [1.165, 1.54) is 6.92 Å². The van der Waals surface area contributed by atoms with Crippen LogP contribution in [-0.4, -0.2) is 47.9 Å². The summed E-state index contributed by atoms with van der Waals surface area (Å²) in [6, 6.07) is 8.06. The van der Waals surface area contributed by atoms with Crippen LogP contribution in [0.1, 0.15) is 26.3 Å². The number of hydrogen-bond acceptors (Lipinski definition) is 5. The van der Waals surface area contributed by atoms with Crippen LogP contribution in [0, 0.1) is 0 Å². The van der Waals surface area contributed by atoms with E-state index in [-0.39, 0.29) is 0 Å². The van der Waals surface area contributed by atoms with Gasteiger partial charge in [-0.15, -0.1) is 0 Å². The maximum absolute atomic E-state index is 12.7. The van der Waals surface area contributed by atoms with Crippen LogP contribution in [0.25, 0.3) is 0 Å². The molecule has 8 heteroatoms. The highest BCUT2D eigenvalue weighted by Gasteiger charge is 2.49. The van der Waals surface area contributed by atoms with Crippen molar-refractivity contribution >= 4 is 23.8 Å². The average molecular weight is 347 g/mol. The molecular weight excluding hydrogens is 326 g/mol. The summed E-state index contributed by atoms with van der Waals surface area (Å²) < 4.78 is 4.97. The van der Waals surface area contributed by atoms with E-state index in [0.29, 0.717) is 12.1 Å². The van der Waals surface area contributed by atoms with E-state index in [9.17, 15) is 19.2 Å². The zero-order chi connectivity index (χ0) is 18.6. The number of carbonyl (C=O) groups excluding carboxylic acids is 4. The Morgan fingerprint density at radius 2 is 1.92 bits per heavy atom. The molecule has 1 heterocycles. The van der Waals surface area contributed by atoms with Gasteiger partial charge >= 0.3 is 12.0 Å². The third-order valence-corrected chi connectivity index (χ3v) is 3.94. The molecule has 0 bridgehead atoms. The van der Waals surface area contributed by atoms with E-state index in [0.717, 1.165) is 4.90 Å². The average Bonchev–Trinajstić information content (AvgIpc) is 2.80. The van der Waals surface area contributed by atoms with Crippen LogP contribution < -0.4 is 10.6 Å². The van der Waals surface area contributed by atoms with Crippen molar-refractivity contribution in [2.75, 3.05) is 13.1 Å². The van der Waals surface area contributed by atoms with Crippen LogP contribution in [0.5, 0.6) is 0 Å². The van der Waals surface area contributed by atoms with Gasteiger partial charge in [0, 0.05) is 6.54 Å². The van der Waals surface area contributed by atoms with E-state index in [2.05, 4.69) is 10.6 Å². The van der Waals surface area contributed by atoms with Crippen LogP contribution in [0.2, 0.25) is 0 Å². The molecule has 0 spiro atoms. The van der Waals surface area contributed by atoms with Crippen LogP contribution in [0.3, 0.4) is 0 Å². The molecular formula is C17H21N3O5. The topological polar surface area (TPSA) is 105 Å². The number of rotatable bonds is 6. The third kappa shape index (κ3) is 3.78. The SMILES string of the molecule is CCNC(=O)[C@@H](C)OC(=O)CN1C(=O)N[C@](C)(c2ccccc2)C1=O. The molecule has 1 saturated heterocycles. The molecule has 0 radical (unpaired) electrons. The molecule has 134 valence electrons. The number of urea groups is 1. The zero-order valence-corrected chi connectivity index (χ0v) is 14.4. The summed E-state index contributed by atoms with van der Waals surface area (Å²) in [4.78, 5) is 49.1. The van der Waals surface area contributed by atoms with Gasteiger partial charge in [0.15, 0.2) is 6.10 Å². The summed E-state index contributed by atoms with van der Waals surface area (Å²) in [5.74, 6) is -1.83. The molecule has 1 fully saturated rings. The van der Waals surface area contributed by atoms with Gasteiger partial charge in [-0.1, -0.05) is 30.3 Å². The standard InChI is InChI=1S/C17H21N3O5/c1-4-18-14(22)11(2)25-13(21)10-20-15(23)17(3,19-16(20)24)12-8-6-5-7-9-12/h5-9,11H,4,10H2,1-3H3,(H,18,22)(H,19,24)/t11-,17-/m1/s1. The largest absolute Gasteiger partial charge is 0.451 e. The minimum atomic E-state index is -1.25. The Labute approximate surface area is 145 Å². The summed E-state index contributed by atoms with van der Waals surface area (Å²) in [7, 11) is 0. The van der Waals surface area contributed by atoms with Gasteiger partial charge in [0.1, 0.15) is 12.1 Å². The lowest BCUT2D eigenvalue weighted by Gasteiger charge is -2.22. The van der Waals surface area contributed by atoms with Gasteiger partial charge in [0.2, 0.25) is 0 Å². The van der Waals surface area contributed by atoms with Crippen LogP contribution in [-0.2, 0) is 24.7 Å². The number of hydrogen-bond donors (Lipinski definition) is 2. The van der Waals surface area contributed by atoms with Gasteiger partial charge in [-0.3, -0.25) is 19.3 Å². The molecule has 0 aromatic heterocycles. The number of carbonyl (C=O) groups is 4. The Morgan fingerprint density at radius 3 is 2.52 bits per heavy atom. The first-order chi connectivity index (χ1) is 11.8. The van der Waals surface area contributed by atoms with E-state index >= 15 is 0 Å². The van der Waals surface area contributed by atoms with Crippen LogP contribution >= 0.6 is 0 Å². The molecule has 2 N–H and O–H groups in total.